The highest BCUT2D eigenvalue weighted by molar-refractivity contribution is 5.81. The highest BCUT2D eigenvalue weighted by Gasteiger charge is 2.63. The van der Waals surface area contributed by atoms with Crippen molar-refractivity contribution < 1.29 is 14.3 Å². The number of halogens is 1. The Morgan fingerprint density at radius 2 is 1.96 bits per heavy atom. The van der Waals surface area contributed by atoms with Crippen molar-refractivity contribution in [3.63, 3.8) is 0 Å². The SMILES string of the molecule is CC12CCC3C(CCC4(O)CC(=O)CCC34C)C1CC=C2c1cncc(F)c1. The number of hydrogen-bond acceptors (Lipinski definition) is 3. The Hall–Kier alpha value is -1.55. The van der Waals surface area contributed by atoms with Crippen LogP contribution in [0.1, 0.15) is 70.8 Å². The second kappa shape index (κ2) is 5.98. The van der Waals surface area contributed by atoms with Gasteiger partial charge in [-0.1, -0.05) is 19.9 Å². The van der Waals surface area contributed by atoms with Crippen LogP contribution in [0.4, 0.5) is 4.39 Å². The Morgan fingerprint density at radius 3 is 2.75 bits per heavy atom. The van der Waals surface area contributed by atoms with Crippen LogP contribution in [0, 0.1) is 34.4 Å². The predicted molar refractivity (Wildman–Crippen MR) is 106 cm³/mol. The number of Topliss-reactive ketones (excluding diaryl/α,β-unsaturated/α-hetero) is 1. The normalized spacial score (nSPS) is 45.1. The first-order valence-corrected chi connectivity index (χ1v) is 10.8. The summed E-state index contributed by atoms with van der Waals surface area (Å²) in [5, 5.41) is 11.4. The first-order chi connectivity index (χ1) is 13.3. The molecule has 4 aliphatic carbocycles. The minimum Gasteiger partial charge on any atom is -0.389 e. The third-order valence-electron chi connectivity index (χ3n) is 9.22. The van der Waals surface area contributed by atoms with E-state index in [9.17, 15) is 14.3 Å². The van der Waals surface area contributed by atoms with E-state index in [0.29, 0.717) is 30.6 Å². The molecule has 150 valence electrons. The lowest BCUT2D eigenvalue weighted by molar-refractivity contribution is -0.199. The van der Waals surface area contributed by atoms with Crippen LogP contribution in [0.15, 0.2) is 24.5 Å². The van der Waals surface area contributed by atoms with E-state index in [2.05, 4.69) is 24.9 Å². The quantitative estimate of drug-likeness (QED) is 0.747. The van der Waals surface area contributed by atoms with Crippen molar-refractivity contribution >= 4 is 11.4 Å². The molecule has 1 aromatic heterocycles. The van der Waals surface area contributed by atoms with Gasteiger partial charge in [0, 0.05) is 24.5 Å². The molecule has 4 heteroatoms. The summed E-state index contributed by atoms with van der Waals surface area (Å²) in [5.74, 6) is 1.51. The van der Waals surface area contributed by atoms with Gasteiger partial charge < -0.3 is 5.11 Å². The van der Waals surface area contributed by atoms with E-state index in [0.717, 1.165) is 44.1 Å². The molecule has 0 aliphatic heterocycles. The van der Waals surface area contributed by atoms with Crippen molar-refractivity contribution in [2.45, 2.75) is 70.8 Å². The Balaban J connectivity index is 1.47. The van der Waals surface area contributed by atoms with Gasteiger partial charge in [0.25, 0.3) is 0 Å². The van der Waals surface area contributed by atoms with Gasteiger partial charge in [0.1, 0.15) is 11.6 Å². The second-order valence-corrected chi connectivity index (χ2v) is 10.3. The summed E-state index contributed by atoms with van der Waals surface area (Å²) in [6.45, 7) is 4.60. The van der Waals surface area contributed by atoms with Crippen LogP contribution in [0.2, 0.25) is 0 Å². The van der Waals surface area contributed by atoms with Gasteiger partial charge in [0.2, 0.25) is 0 Å². The van der Waals surface area contributed by atoms with Crippen molar-refractivity contribution in [1.82, 2.24) is 4.98 Å². The van der Waals surface area contributed by atoms with Crippen LogP contribution >= 0.6 is 0 Å². The van der Waals surface area contributed by atoms with Gasteiger partial charge in [-0.2, -0.15) is 0 Å². The molecule has 0 aromatic carbocycles. The molecule has 4 aliphatic rings. The molecular formula is C24H30FNO2. The maximum absolute atomic E-state index is 13.8. The molecule has 1 aromatic rings. The van der Waals surface area contributed by atoms with E-state index in [4.69, 9.17) is 0 Å². The summed E-state index contributed by atoms with van der Waals surface area (Å²) < 4.78 is 13.8. The number of carbonyl (C=O) groups excluding carboxylic acids is 1. The van der Waals surface area contributed by atoms with Gasteiger partial charge in [-0.3, -0.25) is 9.78 Å². The first kappa shape index (κ1) is 18.5. The molecular weight excluding hydrogens is 353 g/mol. The fourth-order valence-corrected chi connectivity index (χ4v) is 7.61. The smallest absolute Gasteiger partial charge is 0.142 e. The van der Waals surface area contributed by atoms with Crippen LogP contribution in [0.25, 0.3) is 5.57 Å². The molecule has 0 amide bonds. The van der Waals surface area contributed by atoms with Crippen LogP contribution in [-0.2, 0) is 4.79 Å². The van der Waals surface area contributed by atoms with Gasteiger partial charge in [0.15, 0.2) is 0 Å². The fraction of sp³-hybridized carbons (Fsp3) is 0.667. The Bertz CT molecular complexity index is 866. The van der Waals surface area contributed by atoms with E-state index in [1.807, 2.05) is 0 Å². The summed E-state index contributed by atoms with van der Waals surface area (Å²) in [7, 11) is 0. The lowest BCUT2D eigenvalue weighted by atomic mass is 9.43. The zero-order chi connectivity index (χ0) is 19.7. The summed E-state index contributed by atoms with van der Waals surface area (Å²) in [6, 6.07) is 1.62. The Morgan fingerprint density at radius 1 is 1.14 bits per heavy atom. The number of carbonyl (C=O) groups is 1. The molecule has 1 N–H and O–H groups in total. The van der Waals surface area contributed by atoms with E-state index in [1.165, 1.54) is 11.8 Å². The van der Waals surface area contributed by atoms with Crippen LogP contribution < -0.4 is 0 Å². The fourth-order valence-electron chi connectivity index (χ4n) is 7.61. The second-order valence-electron chi connectivity index (χ2n) is 10.3. The molecule has 3 saturated carbocycles. The molecule has 0 bridgehead atoms. The minimum atomic E-state index is -0.821. The van der Waals surface area contributed by atoms with Gasteiger partial charge in [0.05, 0.1) is 11.8 Å². The standard InChI is InChI=1S/C24H30FNO2/c1-22-8-7-21-18(6-10-24(28)12-17(27)5-9-23(21,24)2)20(22)4-3-19(22)15-11-16(25)14-26-13-15/h3,11,13-14,18,20-21,28H,4-10,12H2,1-2H3. The summed E-state index contributed by atoms with van der Waals surface area (Å²) in [6.07, 6.45) is 12.0. The number of allylic oxidation sites excluding steroid dienone is 2. The summed E-state index contributed by atoms with van der Waals surface area (Å²) in [5.41, 5.74) is 1.25. The molecule has 6 unspecified atom stereocenters. The third-order valence-corrected chi connectivity index (χ3v) is 9.22. The maximum atomic E-state index is 13.8. The van der Waals surface area contributed by atoms with E-state index < -0.39 is 5.60 Å². The Labute approximate surface area is 166 Å². The number of hydrogen-bond donors (Lipinski definition) is 1. The monoisotopic (exact) mass is 383 g/mol. The van der Waals surface area contributed by atoms with Crippen LogP contribution in [0.3, 0.4) is 0 Å². The number of nitrogens with zero attached hydrogens (tertiary/aromatic N) is 1. The van der Waals surface area contributed by atoms with E-state index in [-0.39, 0.29) is 22.4 Å². The Kier molecular flexibility index (Phi) is 3.94. The molecule has 1 heterocycles. The van der Waals surface area contributed by atoms with Crippen molar-refractivity contribution in [3.8, 4) is 0 Å². The molecule has 3 nitrogen and oxygen atoms in total. The first-order valence-electron chi connectivity index (χ1n) is 10.8. The van der Waals surface area contributed by atoms with E-state index >= 15 is 0 Å². The molecule has 5 rings (SSSR count). The van der Waals surface area contributed by atoms with Gasteiger partial charge >= 0.3 is 0 Å². The zero-order valence-electron chi connectivity index (χ0n) is 16.9. The summed E-state index contributed by atoms with van der Waals surface area (Å²) in [4.78, 5) is 16.2. The molecule has 0 saturated heterocycles. The largest absolute Gasteiger partial charge is 0.389 e. The van der Waals surface area contributed by atoms with Crippen molar-refractivity contribution in [2.24, 2.45) is 28.6 Å². The molecule has 6 atom stereocenters. The molecule has 0 spiro atoms. The number of fused-ring (bicyclic) bond motifs is 5. The third kappa shape index (κ3) is 2.36. The van der Waals surface area contributed by atoms with Crippen molar-refractivity contribution in [2.75, 3.05) is 0 Å². The number of rotatable bonds is 1. The topological polar surface area (TPSA) is 50.2 Å². The number of aliphatic hydroxyl groups is 1. The van der Waals surface area contributed by atoms with Crippen molar-refractivity contribution in [3.05, 3.63) is 35.9 Å². The van der Waals surface area contributed by atoms with Crippen molar-refractivity contribution in [1.29, 1.82) is 0 Å². The minimum absolute atomic E-state index is 0.0486. The van der Waals surface area contributed by atoms with Crippen LogP contribution in [-0.4, -0.2) is 21.5 Å². The van der Waals surface area contributed by atoms with Gasteiger partial charge in [-0.05, 0) is 78.9 Å². The average molecular weight is 384 g/mol. The number of ketones is 1. The zero-order valence-corrected chi connectivity index (χ0v) is 16.9. The predicted octanol–water partition coefficient (Wildman–Crippen LogP) is 4.94. The molecule has 3 fully saturated rings. The van der Waals surface area contributed by atoms with E-state index in [1.54, 1.807) is 12.3 Å². The highest BCUT2D eigenvalue weighted by Crippen LogP contribution is 2.68. The summed E-state index contributed by atoms with van der Waals surface area (Å²) >= 11 is 0. The highest BCUT2D eigenvalue weighted by atomic mass is 19.1. The molecule has 28 heavy (non-hydrogen) atoms. The van der Waals surface area contributed by atoms with Gasteiger partial charge in [-0.15, -0.1) is 0 Å². The number of aromatic nitrogens is 1. The van der Waals surface area contributed by atoms with Gasteiger partial charge in [-0.25, -0.2) is 4.39 Å². The molecule has 0 radical (unpaired) electrons. The number of pyridine rings is 1. The average Bonchev–Trinajstić information content (AvgIpc) is 3.00. The lowest BCUT2D eigenvalue weighted by Crippen LogP contribution is -2.62. The maximum Gasteiger partial charge on any atom is 0.142 e. The van der Waals surface area contributed by atoms with Crippen LogP contribution in [0.5, 0.6) is 0 Å². The lowest BCUT2D eigenvalue weighted by Gasteiger charge is -2.63.